The zero-order valence-corrected chi connectivity index (χ0v) is 34.4. The van der Waals surface area contributed by atoms with Gasteiger partial charge >= 0.3 is 5.97 Å². The van der Waals surface area contributed by atoms with Crippen LogP contribution in [0.25, 0.3) is 0 Å². The van der Waals surface area contributed by atoms with Crippen LogP contribution in [0.4, 0.5) is 0 Å². The van der Waals surface area contributed by atoms with Gasteiger partial charge in [-0.2, -0.15) is 0 Å². The van der Waals surface area contributed by atoms with Crippen LogP contribution in [-0.2, 0) is 33.2 Å². The van der Waals surface area contributed by atoms with E-state index in [1.165, 1.54) is 70.6 Å². The first kappa shape index (κ1) is 50.9. The number of hydrogen-bond donors (Lipinski definition) is 7. The van der Waals surface area contributed by atoms with Gasteiger partial charge in [-0.15, -0.1) is 0 Å². The minimum atomic E-state index is -1.70. The highest BCUT2D eigenvalue weighted by atomic mass is 16.7. The van der Waals surface area contributed by atoms with Crippen molar-refractivity contribution in [3.8, 4) is 0 Å². The van der Waals surface area contributed by atoms with Crippen molar-refractivity contribution < 1.29 is 69.0 Å². The largest absolute Gasteiger partial charge is 0.457 e. The molecule has 11 unspecified atom stereocenters. The van der Waals surface area contributed by atoms with Gasteiger partial charge in [-0.05, 0) is 38.5 Å². The van der Waals surface area contributed by atoms with Gasteiger partial charge in [0.2, 0.25) is 0 Å². The van der Waals surface area contributed by atoms with Gasteiger partial charge in [-0.3, -0.25) is 4.79 Å². The van der Waals surface area contributed by atoms with Gasteiger partial charge in [-0.1, -0.05) is 116 Å². The van der Waals surface area contributed by atoms with Crippen molar-refractivity contribution in [1.82, 2.24) is 0 Å². The van der Waals surface area contributed by atoms with E-state index in [0.717, 1.165) is 51.4 Å². The number of rotatable bonds is 33. The van der Waals surface area contributed by atoms with Crippen LogP contribution in [0.2, 0.25) is 0 Å². The highest BCUT2D eigenvalue weighted by Crippen LogP contribution is 2.26. The molecule has 330 valence electrons. The first-order chi connectivity index (χ1) is 27.1. The van der Waals surface area contributed by atoms with Crippen molar-refractivity contribution in [3.05, 3.63) is 12.2 Å². The summed E-state index contributed by atoms with van der Waals surface area (Å²) in [5.41, 5.74) is 0. The summed E-state index contributed by atoms with van der Waals surface area (Å²) in [7, 11) is 0. The Morgan fingerprint density at radius 1 is 0.571 bits per heavy atom. The predicted octanol–water partition coefficient (Wildman–Crippen LogP) is 4.34. The summed E-state index contributed by atoms with van der Waals surface area (Å²) in [5, 5.41) is 71.6. The summed E-state index contributed by atoms with van der Waals surface area (Å²) in [6.45, 7) is 3.59. The molecule has 7 N–H and O–H groups in total. The van der Waals surface area contributed by atoms with Crippen LogP contribution in [0, 0.1) is 0 Å². The Balaban J connectivity index is 1.78. The maximum absolute atomic E-state index is 12.8. The lowest BCUT2D eigenvalue weighted by Gasteiger charge is -2.42. The van der Waals surface area contributed by atoms with Gasteiger partial charge in [0, 0.05) is 13.0 Å². The van der Waals surface area contributed by atoms with Crippen molar-refractivity contribution in [1.29, 1.82) is 0 Å². The number of allylic oxidation sites excluding steroid dienone is 2. The average molecular weight is 807 g/mol. The zero-order valence-electron chi connectivity index (χ0n) is 34.4. The van der Waals surface area contributed by atoms with Crippen molar-refractivity contribution in [2.24, 2.45) is 0 Å². The van der Waals surface area contributed by atoms with Crippen LogP contribution in [0.1, 0.15) is 149 Å². The molecule has 0 saturated carbocycles. The van der Waals surface area contributed by atoms with E-state index in [2.05, 4.69) is 26.0 Å². The topological polar surface area (TPSA) is 214 Å². The van der Waals surface area contributed by atoms with Crippen molar-refractivity contribution >= 4 is 5.97 Å². The van der Waals surface area contributed by atoms with E-state index in [4.69, 9.17) is 28.4 Å². The molecule has 14 nitrogen and oxygen atoms in total. The third-order valence-corrected chi connectivity index (χ3v) is 10.5. The molecule has 2 fully saturated rings. The third kappa shape index (κ3) is 20.6. The lowest BCUT2D eigenvalue weighted by molar-refractivity contribution is -0.332. The summed E-state index contributed by atoms with van der Waals surface area (Å²) in [6.07, 6.45) is 11.8. The molecule has 0 bridgehead atoms. The molecule has 0 aromatic heterocycles. The van der Waals surface area contributed by atoms with Gasteiger partial charge in [0.15, 0.2) is 12.6 Å². The lowest BCUT2D eigenvalue weighted by atomic mass is 9.98. The summed E-state index contributed by atoms with van der Waals surface area (Å²) in [4.78, 5) is 12.8. The molecule has 2 saturated heterocycles. The molecule has 0 aromatic rings. The monoisotopic (exact) mass is 807 g/mol. The number of aliphatic hydroxyl groups is 7. The standard InChI is InChI=1S/C42H78O14/c1-3-5-7-9-11-12-13-14-15-16-17-18-19-20-22-24-26-51-28-31(54-34(44)25-23-21-10-8-6-4-2)29-52-41-40(50)38(48)36(46)33(56-41)30-53-42-39(49)37(47)35(45)32(27-43)55-42/h14-15,31-33,35-43,45-50H,3-13,16-30H2,1-2H3/b15-14-. The van der Waals surface area contributed by atoms with Crippen LogP contribution in [0.3, 0.4) is 0 Å². The van der Waals surface area contributed by atoms with E-state index < -0.39 is 80.7 Å². The van der Waals surface area contributed by atoms with E-state index in [-0.39, 0.29) is 25.6 Å². The van der Waals surface area contributed by atoms with E-state index >= 15 is 0 Å². The molecular formula is C42H78O14. The third-order valence-electron chi connectivity index (χ3n) is 10.5. The number of aliphatic hydroxyl groups excluding tert-OH is 7. The molecular weight excluding hydrogens is 728 g/mol. The minimum absolute atomic E-state index is 0.0605. The Morgan fingerprint density at radius 3 is 1.62 bits per heavy atom. The van der Waals surface area contributed by atoms with Gasteiger partial charge < -0.3 is 64.2 Å². The summed E-state index contributed by atoms with van der Waals surface area (Å²) in [5.74, 6) is -0.388. The van der Waals surface area contributed by atoms with Crippen molar-refractivity contribution in [2.45, 2.75) is 216 Å². The molecule has 2 aliphatic heterocycles. The fourth-order valence-electron chi connectivity index (χ4n) is 6.87. The van der Waals surface area contributed by atoms with Gasteiger partial charge in [0.05, 0.1) is 26.4 Å². The zero-order chi connectivity index (χ0) is 41.0. The second-order valence-electron chi connectivity index (χ2n) is 15.5. The smallest absolute Gasteiger partial charge is 0.306 e. The molecule has 0 aliphatic carbocycles. The molecule has 0 amide bonds. The summed E-state index contributed by atoms with van der Waals surface area (Å²) < 4.78 is 34.0. The van der Waals surface area contributed by atoms with Crippen LogP contribution in [0.15, 0.2) is 12.2 Å². The number of unbranched alkanes of at least 4 members (excludes halogenated alkanes) is 17. The molecule has 56 heavy (non-hydrogen) atoms. The molecule has 2 heterocycles. The molecule has 14 heteroatoms. The number of esters is 1. The quantitative estimate of drug-likeness (QED) is 0.0279. The second kappa shape index (κ2) is 31.6. The molecule has 11 atom stereocenters. The van der Waals surface area contributed by atoms with Crippen molar-refractivity contribution in [2.75, 3.05) is 33.0 Å². The maximum atomic E-state index is 12.8. The number of carbonyl (C=O) groups excluding carboxylic acids is 1. The molecule has 0 aromatic carbocycles. The normalized spacial score (nSPS) is 28.9. The fraction of sp³-hybridized carbons (Fsp3) is 0.929. The van der Waals surface area contributed by atoms with Gasteiger partial charge in [0.1, 0.15) is 54.9 Å². The van der Waals surface area contributed by atoms with Crippen LogP contribution in [0.5, 0.6) is 0 Å². The Bertz CT molecular complexity index is 985. The summed E-state index contributed by atoms with van der Waals surface area (Å²) in [6, 6.07) is 0. The van der Waals surface area contributed by atoms with Gasteiger partial charge in [0.25, 0.3) is 0 Å². The van der Waals surface area contributed by atoms with Crippen LogP contribution in [-0.4, -0.2) is 142 Å². The second-order valence-corrected chi connectivity index (χ2v) is 15.5. The molecule has 2 aliphatic rings. The van der Waals surface area contributed by atoms with Crippen LogP contribution < -0.4 is 0 Å². The Kier molecular flexibility index (Phi) is 28.7. The fourth-order valence-corrected chi connectivity index (χ4v) is 6.87. The van der Waals surface area contributed by atoms with E-state index in [9.17, 15) is 40.5 Å². The van der Waals surface area contributed by atoms with E-state index in [1.54, 1.807) is 0 Å². The van der Waals surface area contributed by atoms with Crippen molar-refractivity contribution in [3.63, 3.8) is 0 Å². The molecule has 0 radical (unpaired) electrons. The minimum Gasteiger partial charge on any atom is -0.457 e. The van der Waals surface area contributed by atoms with Crippen LogP contribution >= 0.6 is 0 Å². The average Bonchev–Trinajstić information content (AvgIpc) is 3.19. The van der Waals surface area contributed by atoms with E-state index in [1.807, 2.05) is 0 Å². The maximum Gasteiger partial charge on any atom is 0.306 e. The first-order valence-corrected chi connectivity index (χ1v) is 21.8. The predicted molar refractivity (Wildman–Crippen MR) is 210 cm³/mol. The first-order valence-electron chi connectivity index (χ1n) is 21.8. The highest BCUT2D eigenvalue weighted by Gasteiger charge is 2.47. The Hall–Kier alpha value is -1.27. The van der Waals surface area contributed by atoms with E-state index in [0.29, 0.717) is 13.0 Å². The molecule has 2 rings (SSSR count). The number of ether oxygens (including phenoxy) is 6. The number of carbonyl (C=O) groups is 1. The molecule has 0 spiro atoms. The Morgan fingerprint density at radius 2 is 1.05 bits per heavy atom. The van der Waals surface area contributed by atoms with Gasteiger partial charge in [-0.25, -0.2) is 0 Å². The lowest BCUT2D eigenvalue weighted by Crippen LogP contribution is -2.61. The Labute approximate surface area is 335 Å². The highest BCUT2D eigenvalue weighted by molar-refractivity contribution is 5.69. The SMILES string of the molecule is CCCCCCCC/C=C\CCCCCCCCOCC(COC1OC(COC2OC(CO)C(O)C(O)C2O)C(O)C(O)C1O)OC(=O)CCCCCCCC. The number of hydrogen-bond acceptors (Lipinski definition) is 14. The summed E-state index contributed by atoms with van der Waals surface area (Å²) >= 11 is 0.